The van der Waals surface area contributed by atoms with Crippen LogP contribution in [0.15, 0.2) is 51.4 Å². The highest BCUT2D eigenvalue weighted by Crippen LogP contribution is 2.28. The highest BCUT2D eigenvalue weighted by molar-refractivity contribution is 9.11. The standard InChI is InChI=1S/C15H11Br2ClN2O2S/c16-9-4-5-13(12(17)6-9)22-8-14(21)20-15(23)19-11-3-1-2-10(18)7-11/h1-7H,8H2,(H2,19,20,21,23). The maximum Gasteiger partial charge on any atom is 0.264 e. The Labute approximate surface area is 160 Å². The van der Waals surface area contributed by atoms with Crippen LogP contribution in [0.1, 0.15) is 0 Å². The summed E-state index contributed by atoms with van der Waals surface area (Å²) in [5.41, 5.74) is 0.694. The van der Waals surface area contributed by atoms with Crippen molar-refractivity contribution in [3.8, 4) is 5.75 Å². The fourth-order valence-electron chi connectivity index (χ4n) is 1.63. The molecule has 0 heterocycles. The third-order valence-corrected chi connectivity index (χ3v) is 4.14. The van der Waals surface area contributed by atoms with Crippen LogP contribution in [-0.4, -0.2) is 17.6 Å². The van der Waals surface area contributed by atoms with Crippen LogP contribution in [0.5, 0.6) is 5.75 Å². The van der Waals surface area contributed by atoms with E-state index in [1.54, 1.807) is 30.3 Å². The average Bonchev–Trinajstić information content (AvgIpc) is 2.46. The highest BCUT2D eigenvalue weighted by Gasteiger charge is 2.08. The van der Waals surface area contributed by atoms with Gasteiger partial charge in [0.25, 0.3) is 5.91 Å². The first-order chi connectivity index (χ1) is 10.9. The molecule has 0 unspecified atom stereocenters. The lowest BCUT2D eigenvalue weighted by Gasteiger charge is -2.11. The van der Waals surface area contributed by atoms with Crippen molar-refractivity contribution in [2.45, 2.75) is 0 Å². The Kier molecular flexibility index (Phi) is 6.83. The van der Waals surface area contributed by atoms with Crippen molar-refractivity contribution in [1.29, 1.82) is 0 Å². The number of thiocarbonyl (C=S) groups is 1. The minimum atomic E-state index is -0.362. The van der Waals surface area contributed by atoms with Gasteiger partial charge in [0.05, 0.1) is 4.47 Å². The summed E-state index contributed by atoms with van der Waals surface area (Å²) in [6.07, 6.45) is 0. The molecule has 4 nitrogen and oxygen atoms in total. The number of anilines is 1. The van der Waals surface area contributed by atoms with Crippen molar-refractivity contribution < 1.29 is 9.53 Å². The fourth-order valence-corrected chi connectivity index (χ4v) is 3.21. The summed E-state index contributed by atoms with van der Waals surface area (Å²) in [7, 11) is 0. The van der Waals surface area contributed by atoms with Crippen molar-refractivity contribution in [2.24, 2.45) is 0 Å². The quantitative estimate of drug-likeness (QED) is 0.623. The molecule has 1 amide bonds. The van der Waals surface area contributed by atoms with Gasteiger partial charge < -0.3 is 10.1 Å². The molecule has 2 aromatic rings. The third kappa shape index (κ3) is 6.10. The van der Waals surface area contributed by atoms with E-state index >= 15 is 0 Å². The van der Waals surface area contributed by atoms with Crippen LogP contribution in [0.3, 0.4) is 0 Å². The lowest BCUT2D eigenvalue weighted by molar-refractivity contribution is -0.121. The molecule has 0 spiro atoms. The first kappa shape index (κ1) is 18.2. The number of rotatable bonds is 4. The predicted molar refractivity (Wildman–Crippen MR) is 103 cm³/mol. The SMILES string of the molecule is O=C(COc1ccc(Br)cc1Br)NC(=S)Nc1cccc(Cl)c1. The van der Waals surface area contributed by atoms with Crippen LogP contribution >= 0.6 is 55.7 Å². The van der Waals surface area contributed by atoms with Crippen molar-refractivity contribution in [2.75, 3.05) is 11.9 Å². The summed E-state index contributed by atoms with van der Waals surface area (Å²) in [5, 5.41) is 6.17. The summed E-state index contributed by atoms with van der Waals surface area (Å²) in [6, 6.07) is 12.4. The molecule has 23 heavy (non-hydrogen) atoms. The summed E-state index contributed by atoms with van der Waals surface area (Å²) < 4.78 is 7.10. The van der Waals surface area contributed by atoms with E-state index in [1.165, 1.54) is 0 Å². The molecule has 2 rings (SSSR count). The minimum Gasteiger partial charge on any atom is -0.483 e. The normalized spacial score (nSPS) is 10.0. The van der Waals surface area contributed by atoms with Crippen molar-refractivity contribution in [1.82, 2.24) is 5.32 Å². The topological polar surface area (TPSA) is 50.4 Å². The molecule has 0 aliphatic rings. The fraction of sp³-hybridized carbons (Fsp3) is 0.0667. The Balaban J connectivity index is 1.83. The second kappa shape index (κ2) is 8.63. The first-order valence-corrected chi connectivity index (χ1v) is 8.75. The van der Waals surface area contributed by atoms with Gasteiger partial charge in [-0.05, 0) is 64.5 Å². The number of carbonyl (C=O) groups is 1. The van der Waals surface area contributed by atoms with E-state index in [4.69, 9.17) is 28.6 Å². The predicted octanol–water partition coefficient (Wildman–Crippen LogP) is 4.76. The molecule has 0 aliphatic carbocycles. The van der Waals surface area contributed by atoms with Gasteiger partial charge in [-0.2, -0.15) is 0 Å². The van der Waals surface area contributed by atoms with Crippen molar-refractivity contribution >= 4 is 72.4 Å². The van der Waals surface area contributed by atoms with Gasteiger partial charge in [0.2, 0.25) is 0 Å². The molecule has 2 N–H and O–H groups in total. The maximum absolute atomic E-state index is 11.8. The number of amides is 1. The van der Waals surface area contributed by atoms with Crippen LogP contribution in [0.25, 0.3) is 0 Å². The monoisotopic (exact) mass is 476 g/mol. The Morgan fingerprint density at radius 3 is 2.70 bits per heavy atom. The van der Waals surface area contributed by atoms with Gasteiger partial charge in [-0.15, -0.1) is 0 Å². The lowest BCUT2D eigenvalue weighted by Crippen LogP contribution is -2.37. The number of halogens is 3. The Morgan fingerprint density at radius 2 is 2.00 bits per heavy atom. The number of nitrogens with one attached hydrogen (secondary N) is 2. The van der Waals surface area contributed by atoms with Crippen LogP contribution in [0, 0.1) is 0 Å². The Hall–Kier alpha value is -1.15. The Morgan fingerprint density at radius 1 is 1.22 bits per heavy atom. The summed E-state index contributed by atoms with van der Waals surface area (Å²) in [5.74, 6) is 0.205. The van der Waals surface area contributed by atoms with E-state index in [-0.39, 0.29) is 17.6 Å². The second-order valence-corrected chi connectivity index (χ2v) is 6.99. The molecule has 0 fully saturated rings. The van der Waals surface area contributed by atoms with E-state index < -0.39 is 0 Å². The van der Waals surface area contributed by atoms with E-state index in [1.807, 2.05) is 12.1 Å². The van der Waals surface area contributed by atoms with Gasteiger partial charge in [-0.25, -0.2) is 0 Å². The molecule has 8 heteroatoms. The second-order valence-electron chi connectivity index (χ2n) is 4.38. The van der Waals surface area contributed by atoms with E-state index in [9.17, 15) is 4.79 Å². The number of hydrogen-bond acceptors (Lipinski definition) is 3. The number of hydrogen-bond donors (Lipinski definition) is 2. The molecule has 0 bridgehead atoms. The van der Waals surface area contributed by atoms with E-state index in [0.717, 1.165) is 8.95 Å². The molecule has 0 saturated carbocycles. The number of ether oxygens (including phenoxy) is 1. The lowest BCUT2D eigenvalue weighted by atomic mass is 10.3. The largest absolute Gasteiger partial charge is 0.483 e. The van der Waals surface area contributed by atoms with Crippen molar-refractivity contribution in [3.63, 3.8) is 0 Å². The van der Waals surface area contributed by atoms with Gasteiger partial charge in [0.15, 0.2) is 11.7 Å². The molecule has 2 aromatic carbocycles. The average molecular weight is 479 g/mol. The van der Waals surface area contributed by atoms with Crippen LogP contribution in [0.2, 0.25) is 5.02 Å². The number of benzene rings is 2. The Bertz CT molecular complexity index is 743. The van der Waals surface area contributed by atoms with E-state index in [2.05, 4.69) is 42.5 Å². The van der Waals surface area contributed by atoms with Gasteiger partial charge in [-0.1, -0.05) is 33.6 Å². The first-order valence-electron chi connectivity index (χ1n) is 6.38. The molecule has 0 aromatic heterocycles. The van der Waals surface area contributed by atoms with Gasteiger partial charge in [-0.3, -0.25) is 10.1 Å². The zero-order valence-corrected chi connectivity index (χ0v) is 16.4. The molecule has 0 atom stereocenters. The van der Waals surface area contributed by atoms with Gasteiger partial charge >= 0.3 is 0 Å². The zero-order chi connectivity index (χ0) is 16.8. The maximum atomic E-state index is 11.8. The molecule has 0 aliphatic heterocycles. The smallest absolute Gasteiger partial charge is 0.264 e. The molecular weight excluding hydrogens is 468 g/mol. The summed E-state index contributed by atoms with van der Waals surface area (Å²) in [4.78, 5) is 11.8. The molecule has 120 valence electrons. The van der Waals surface area contributed by atoms with Gasteiger partial charge in [0.1, 0.15) is 5.75 Å². The van der Waals surface area contributed by atoms with Crippen molar-refractivity contribution in [3.05, 3.63) is 56.4 Å². The van der Waals surface area contributed by atoms with E-state index in [0.29, 0.717) is 16.5 Å². The van der Waals surface area contributed by atoms with Crippen LogP contribution in [0.4, 0.5) is 5.69 Å². The zero-order valence-electron chi connectivity index (χ0n) is 11.6. The van der Waals surface area contributed by atoms with Crippen LogP contribution < -0.4 is 15.4 Å². The summed E-state index contributed by atoms with van der Waals surface area (Å²) >= 11 is 17.7. The molecule has 0 saturated heterocycles. The number of carbonyl (C=O) groups excluding carboxylic acids is 1. The third-order valence-electron chi connectivity index (χ3n) is 2.59. The summed E-state index contributed by atoms with van der Waals surface area (Å²) in [6.45, 7) is -0.155. The molecule has 0 radical (unpaired) electrons. The highest BCUT2D eigenvalue weighted by atomic mass is 79.9. The van der Waals surface area contributed by atoms with Crippen LogP contribution in [-0.2, 0) is 4.79 Å². The molecular formula is C15H11Br2ClN2O2S. The minimum absolute atomic E-state index is 0.155. The van der Waals surface area contributed by atoms with Gasteiger partial charge in [0, 0.05) is 15.2 Å².